The van der Waals surface area contributed by atoms with Crippen LogP contribution >= 0.6 is 39.1 Å². The van der Waals surface area contributed by atoms with Crippen molar-refractivity contribution >= 4 is 45.0 Å². The van der Waals surface area contributed by atoms with Crippen LogP contribution in [0.25, 0.3) is 0 Å². The molecule has 0 spiro atoms. The predicted molar refractivity (Wildman–Crippen MR) is 87.9 cm³/mol. The molecule has 2 aromatic carbocycles. The van der Waals surface area contributed by atoms with Gasteiger partial charge in [0.15, 0.2) is 0 Å². The number of rotatable bonds is 4. The highest BCUT2D eigenvalue weighted by Crippen LogP contribution is 2.23. The van der Waals surface area contributed by atoms with Crippen LogP contribution in [-0.4, -0.2) is 17.6 Å². The molecule has 0 radical (unpaired) electrons. The van der Waals surface area contributed by atoms with Crippen molar-refractivity contribution in [3.8, 4) is 0 Å². The second kappa shape index (κ2) is 7.27. The molecule has 3 nitrogen and oxygen atoms in total. The van der Waals surface area contributed by atoms with E-state index >= 15 is 0 Å². The number of hydrogen-bond acceptors (Lipinski definition) is 2. The quantitative estimate of drug-likeness (QED) is 0.823. The van der Waals surface area contributed by atoms with E-state index in [1.165, 1.54) is 0 Å². The van der Waals surface area contributed by atoms with Crippen LogP contribution < -0.4 is 5.32 Å². The Morgan fingerprint density at radius 2 is 1.86 bits per heavy atom. The van der Waals surface area contributed by atoms with E-state index in [0.717, 1.165) is 4.47 Å². The van der Waals surface area contributed by atoms with Crippen LogP contribution in [0.1, 0.15) is 22.0 Å². The summed E-state index contributed by atoms with van der Waals surface area (Å²) in [6.07, 6.45) is -0.877. The Balaban J connectivity index is 2.00. The van der Waals surface area contributed by atoms with Gasteiger partial charge in [-0.1, -0.05) is 45.2 Å². The van der Waals surface area contributed by atoms with Gasteiger partial charge in [0.05, 0.1) is 6.10 Å². The van der Waals surface area contributed by atoms with Gasteiger partial charge in [-0.2, -0.15) is 0 Å². The number of nitrogens with one attached hydrogen (secondary N) is 1. The first-order valence-corrected chi connectivity index (χ1v) is 7.68. The fourth-order valence-corrected chi connectivity index (χ4v) is 2.75. The second-order valence-corrected chi connectivity index (χ2v) is 6.23. The van der Waals surface area contributed by atoms with Gasteiger partial charge in [-0.05, 0) is 42.0 Å². The summed E-state index contributed by atoms with van der Waals surface area (Å²) in [5.74, 6) is -0.261. The largest absolute Gasteiger partial charge is 0.387 e. The van der Waals surface area contributed by atoms with Crippen molar-refractivity contribution in [3.05, 3.63) is 68.1 Å². The van der Waals surface area contributed by atoms with E-state index in [0.29, 0.717) is 21.2 Å². The minimum Gasteiger partial charge on any atom is -0.387 e. The van der Waals surface area contributed by atoms with E-state index in [2.05, 4.69) is 21.2 Å². The molecule has 0 aliphatic carbocycles. The third-order valence-corrected chi connectivity index (χ3v) is 3.74. The number of aliphatic hydroxyl groups excluding tert-OH is 1. The van der Waals surface area contributed by atoms with Crippen LogP contribution in [-0.2, 0) is 0 Å². The Kier molecular flexibility index (Phi) is 5.65. The Hall–Kier alpha value is -1.07. The van der Waals surface area contributed by atoms with Crippen LogP contribution in [0.3, 0.4) is 0 Å². The topological polar surface area (TPSA) is 49.3 Å². The van der Waals surface area contributed by atoms with Crippen LogP contribution in [0.5, 0.6) is 0 Å². The number of hydrogen-bond donors (Lipinski definition) is 2. The van der Waals surface area contributed by atoms with Gasteiger partial charge in [0, 0.05) is 26.6 Å². The van der Waals surface area contributed by atoms with E-state index < -0.39 is 6.10 Å². The lowest BCUT2D eigenvalue weighted by molar-refractivity contribution is 0.0916. The smallest absolute Gasteiger partial charge is 0.251 e. The molecule has 2 aromatic rings. The SMILES string of the molecule is O=C(NCC(O)c1cc(Cl)cc(Cl)c1)c1cccc(Br)c1. The molecule has 1 unspecified atom stereocenters. The van der Waals surface area contributed by atoms with Gasteiger partial charge in [0.25, 0.3) is 5.91 Å². The number of aliphatic hydroxyl groups is 1. The fourth-order valence-electron chi connectivity index (χ4n) is 1.81. The van der Waals surface area contributed by atoms with Crippen molar-refractivity contribution in [2.45, 2.75) is 6.10 Å². The average molecular weight is 389 g/mol. The van der Waals surface area contributed by atoms with Crippen molar-refractivity contribution in [1.29, 1.82) is 0 Å². The third kappa shape index (κ3) is 4.71. The zero-order chi connectivity index (χ0) is 15.4. The summed E-state index contributed by atoms with van der Waals surface area (Å²) in [6, 6.07) is 11.8. The average Bonchev–Trinajstić information content (AvgIpc) is 2.43. The first-order chi connectivity index (χ1) is 9.95. The van der Waals surface area contributed by atoms with Crippen molar-refractivity contribution < 1.29 is 9.90 Å². The van der Waals surface area contributed by atoms with Gasteiger partial charge >= 0.3 is 0 Å². The molecule has 110 valence electrons. The van der Waals surface area contributed by atoms with Crippen molar-refractivity contribution in [3.63, 3.8) is 0 Å². The van der Waals surface area contributed by atoms with Crippen molar-refractivity contribution in [2.75, 3.05) is 6.54 Å². The maximum atomic E-state index is 12.0. The second-order valence-electron chi connectivity index (χ2n) is 4.44. The normalized spacial score (nSPS) is 12.0. The third-order valence-electron chi connectivity index (χ3n) is 2.81. The first kappa shape index (κ1) is 16.3. The zero-order valence-corrected chi connectivity index (χ0v) is 13.9. The number of amides is 1. The van der Waals surface area contributed by atoms with Gasteiger partial charge < -0.3 is 10.4 Å². The Labute approximate surface area is 141 Å². The summed E-state index contributed by atoms with van der Waals surface area (Å²) >= 11 is 15.1. The first-order valence-electron chi connectivity index (χ1n) is 6.13. The highest BCUT2D eigenvalue weighted by Gasteiger charge is 2.12. The molecule has 2 rings (SSSR count). The monoisotopic (exact) mass is 387 g/mol. The van der Waals surface area contributed by atoms with Crippen LogP contribution in [0.4, 0.5) is 0 Å². The highest BCUT2D eigenvalue weighted by atomic mass is 79.9. The molecule has 0 aromatic heterocycles. The lowest BCUT2D eigenvalue weighted by atomic mass is 10.1. The molecule has 0 bridgehead atoms. The van der Waals surface area contributed by atoms with Crippen LogP contribution in [0.15, 0.2) is 46.9 Å². The molecule has 0 saturated carbocycles. The van der Waals surface area contributed by atoms with Crippen molar-refractivity contribution in [1.82, 2.24) is 5.32 Å². The van der Waals surface area contributed by atoms with Gasteiger partial charge in [-0.15, -0.1) is 0 Å². The standard InChI is InChI=1S/C15H12BrCl2NO2/c16-11-3-1-2-9(4-11)15(21)19-8-14(20)10-5-12(17)7-13(18)6-10/h1-7,14,20H,8H2,(H,19,21). The number of halogens is 3. The summed E-state index contributed by atoms with van der Waals surface area (Å²) in [5.41, 5.74) is 1.07. The number of carbonyl (C=O) groups excluding carboxylic acids is 1. The van der Waals surface area contributed by atoms with Gasteiger partial charge in [0.1, 0.15) is 0 Å². The summed E-state index contributed by atoms with van der Waals surface area (Å²) in [7, 11) is 0. The molecule has 0 fully saturated rings. The molecule has 1 atom stereocenters. The van der Waals surface area contributed by atoms with E-state index in [1.807, 2.05) is 6.07 Å². The van der Waals surface area contributed by atoms with Crippen LogP contribution in [0, 0.1) is 0 Å². The maximum absolute atomic E-state index is 12.0. The predicted octanol–water partition coefficient (Wildman–Crippen LogP) is 4.22. The van der Waals surface area contributed by atoms with Crippen LogP contribution in [0.2, 0.25) is 10.0 Å². The minimum atomic E-state index is -0.877. The van der Waals surface area contributed by atoms with Gasteiger partial charge in [-0.25, -0.2) is 0 Å². The fraction of sp³-hybridized carbons (Fsp3) is 0.133. The summed E-state index contributed by atoms with van der Waals surface area (Å²) < 4.78 is 0.817. The summed E-state index contributed by atoms with van der Waals surface area (Å²) in [6.45, 7) is 0.0714. The Morgan fingerprint density at radius 1 is 1.19 bits per heavy atom. The Bertz CT molecular complexity index is 644. The lowest BCUT2D eigenvalue weighted by Gasteiger charge is -2.13. The molecular weight excluding hydrogens is 377 g/mol. The molecule has 0 aliphatic rings. The number of benzene rings is 2. The summed E-state index contributed by atoms with van der Waals surface area (Å²) in [5, 5.41) is 13.6. The molecule has 0 saturated heterocycles. The molecule has 21 heavy (non-hydrogen) atoms. The highest BCUT2D eigenvalue weighted by molar-refractivity contribution is 9.10. The molecule has 1 amide bonds. The Morgan fingerprint density at radius 3 is 2.48 bits per heavy atom. The zero-order valence-electron chi connectivity index (χ0n) is 10.8. The van der Waals surface area contributed by atoms with Gasteiger partial charge in [-0.3, -0.25) is 4.79 Å². The molecule has 6 heteroatoms. The molecule has 2 N–H and O–H groups in total. The molecular formula is C15H12BrCl2NO2. The lowest BCUT2D eigenvalue weighted by Crippen LogP contribution is -2.28. The van der Waals surface area contributed by atoms with Crippen molar-refractivity contribution in [2.24, 2.45) is 0 Å². The van der Waals surface area contributed by atoms with E-state index in [1.54, 1.807) is 36.4 Å². The van der Waals surface area contributed by atoms with E-state index in [-0.39, 0.29) is 12.5 Å². The minimum absolute atomic E-state index is 0.0714. The molecule has 0 heterocycles. The maximum Gasteiger partial charge on any atom is 0.251 e. The van der Waals surface area contributed by atoms with E-state index in [9.17, 15) is 9.90 Å². The summed E-state index contributed by atoms with van der Waals surface area (Å²) in [4.78, 5) is 12.0. The molecule has 0 aliphatic heterocycles. The van der Waals surface area contributed by atoms with Gasteiger partial charge in [0.2, 0.25) is 0 Å². The van der Waals surface area contributed by atoms with E-state index in [4.69, 9.17) is 23.2 Å². The number of carbonyl (C=O) groups is 1.